The summed E-state index contributed by atoms with van der Waals surface area (Å²) in [4.78, 5) is 2.54. The van der Waals surface area contributed by atoms with Crippen LogP contribution in [0.1, 0.15) is 51.9 Å². The molecule has 3 nitrogen and oxygen atoms in total. The second-order valence-electron chi connectivity index (χ2n) is 5.50. The van der Waals surface area contributed by atoms with Crippen LogP contribution in [0, 0.1) is 5.41 Å². The molecule has 3 heteroatoms. The van der Waals surface area contributed by atoms with E-state index in [2.05, 4.69) is 11.8 Å². The Balaban J connectivity index is 2.30. The van der Waals surface area contributed by atoms with Gasteiger partial charge in [-0.3, -0.25) is 0 Å². The van der Waals surface area contributed by atoms with Gasteiger partial charge in [-0.15, -0.1) is 0 Å². The first-order valence-electron chi connectivity index (χ1n) is 7.20. The molecule has 1 saturated heterocycles. The van der Waals surface area contributed by atoms with Crippen molar-refractivity contribution in [1.82, 2.24) is 4.90 Å². The molecule has 1 aliphatic rings. The minimum atomic E-state index is 0.213. The summed E-state index contributed by atoms with van der Waals surface area (Å²) in [5.41, 5.74) is 0.213. The second kappa shape index (κ2) is 8.06. The average Bonchev–Trinajstić information content (AvgIpc) is 2.33. The molecule has 17 heavy (non-hydrogen) atoms. The van der Waals surface area contributed by atoms with Gasteiger partial charge in [0.05, 0.1) is 0 Å². The third-order valence-electron chi connectivity index (χ3n) is 4.28. The minimum Gasteiger partial charge on any atom is -0.396 e. The van der Waals surface area contributed by atoms with Gasteiger partial charge in [0.25, 0.3) is 0 Å². The van der Waals surface area contributed by atoms with Crippen LogP contribution in [0.5, 0.6) is 0 Å². The highest BCUT2D eigenvalue weighted by Crippen LogP contribution is 2.37. The van der Waals surface area contributed by atoms with Crippen molar-refractivity contribution in [2.45, 2.75) is 51.9 Å². The van der Waals surface area contributed by atoms with Crippen LogP contribution in [0.3, 0.4) is 0 Å². The molecule has 0 radical (unpaired) electrons. The molecule has 0 saturated carbocycles. The average molecular weight is 243 g/mol. The van der Waals surface area contributed by atoms with Crippen LogP contribution in [-0.2, 0) is 0 Å². The summed E-state index contributed by atoms with van der Waals surface area (Å²) in [6.45, 7) is 6.27. The number of aliphatic hydroxyl groups is 2. The fourth-order valence-electron chi connectivity index (χ4n) is 2.94. The van der Waals surface area contributed by atoms with E-state index < -0.39 is 0 Å². The first-order chi connectivity index (χ1) is 8.26. The SMILES string of the molecule is CCCCCN1CCC(CCO)(CCO)CC1. The molecule has 0 aromatic rings. The molecule has 0 aliphatic carbocycles. The van der Waals surface area contributed by atoms with Crippen molar-refractivity contribution in [3.63, 3.8) is 0 Å². The van der Waals surface area contributed by atoms with Crippen molar-refractivity contribution in [3.05, 3.63) is 0 Å². The molecule has 0 aromatic heterocycles. The molecule has 1 heterocycles. The van der Waals surface area contributed by atoms with Crippen molar-refractivity contribution in [2.24, 2.45) is 5.41 Å². The predicted molar refractivity (Wildman–Crippen MR) is 71.0 cm³/mol. The third kappa shape index (κ3) is 4.94. The summed E-state index contributed by atoms with van der Waals surface area (Å²) in [5, 5.41) is 18.3. The Morgan fingerprint density at radius 2 is 1.59 bits per heavy atom. The zero-order chi connectivity index (χ0) is 12.6. The van der Waals surface area contributed by atoms with E-state index in [-0.39, 0.29) is 18.6 Å². The van der Waals surface area contributed by atoms with E-state index in [9.17, 15) is 0 Å². The Kier molecular flexibility index (Phi) is 7.09. The lowest BCUT2D eigenvalue weighted by molar-refractivity contribution is 0.0520. The van der Waals surface area contributed by atoms with Gasteiger partial charge < -0.3 is 15.1 Å². The highest BCUT2D eigenvalue weighted by atomic mass is 16.3. The summed E-state index contributed by atoms with van der Waals surface area (Å²) in [6, 6.07) is 0. The van der Waals surface area contributed by atoms with Crippen molar-refractivity contribution in [1.29, 1.82) is 0 Å². The topological polar surface area (TPSA) is 43.7 Å². The fourth-order valence-corrected chi connectivity index (χ4v) is 2.94. The summed E-state index contributed by atoms with van der Waals surface area (Å²) < 4.78 is 0. The van der Waals surface area contributed by atoms with Crippen LogP contribution in [0.4, 0.5) is 0 Å². The Morgan fingerprint density at radius 1 is 1.00 bits per heavy atom. The van der Waals surface area contributed by atoms with Gasteiger partial charge >= 0.3 is 0 Å². The van der Waals surface area contributed by atoms with Crippen molar-refractivity contribution >= 4 is 0 Å². The molecule has 1 aliphatic heterocycles. The normalized spacial score (nSPS) is 20.6. The molecule has 0 amide bonds. The van der Waals surface area contributed by atoms with Gasteiger partial charge in [-0.1, -0.05) is 19.8 Å². The van der Waals surface area contributed by atoms with Crippen LogP contribution in [0.2, 0.25) is 0 Å². The minimum absolute atomic E-state index is 0.213. The number of likely N-dealkylation sites (tertiary alicyclic amines) is 1. The largest absolute Gasteiger partial charge is 0.396 e. The third-order valence-corrected chi connectivity index (χ3v) is 4.28. The van der Waals surface area contributed by atoms with E-state index in [1.807, 2.05) is 0 Å². The van der Waals surface area contributed by atoms with Gasteiger partial charge in [0.15, 0.2) is 0 Å². The molecule has 0 bridgehead atoms. The van der Waals surface area contributed by atoms with E-state index in [1.54, 1.807) is 0 Å². The molecular weight excluding hydrogens is 214 g/mol. The molecule has 2 N–H and O–H groups in total. The second-order valence-corrected chi connectivity index (χ2v) is 5.50. The Labute approximate surface area is 106 Å². The molecule has 0 spiro atoms. The molecule has 0 unspecified atom stereocenters. The fraction of sp³-hybridized carbons (Fsp3) is 1.00. The van der Waals surface area contributed by atoms with Crippen LogP contribution < -0.4 is 0 Å². The highest BCUT2D eigenvalue weighted by Gasteiger charge is 2.33. The summed E-state index contributed by atoms with van der Waals surface area (Å²) in [7, 11) is 0. The molecular formula is C14H29NO2. The monoisotopic (exact) mass is 243 g/mol. The smallest absolute Gasteiger partial charge is 0.0436 e. The Bertz CT molecular complexity index is 181. The number of hydrogen-bond acceptors (Lipinski definition) is 3. The zero-order valence-electron chi connectivity index (χ0n) is 11.3. The number of nitrogens with zero attached hydrogens (tertiary/aromatic N) is 1. The first kappa shape index (κ1) is 14.9. The van der Waals surface area contributed by atoms with E-state index >= 15 is 0 Å². The summed E-state index contributed by atoms with van der Waals surface area (Å²) in [5.74, 6) is 0. The Morgan fingerprint density at radius 3 is 2.06 bits per heavy atom. The predicted octanol–water partition coefficient (Wildman–Crippen LogP) is 2.02. The lowest BCUT2D eigenvalue weighted by atomic mass is 9.73. The molecule has 1 rings (SSSR count). The van der Waals surface area contributed by atoms with Crippen LogP contribution in [-0.4, -0.2) is 48.0 Å². The summed E-state index contributed by atoms with van der Waals surface area (Å²) >= 11 is 0. The maximum absolute atomic E-state index is 9.15. The standard InChI is InChI=1S/C14H29NO2/c1-2-3-4-9-15-10-5-14(6-11-15,7-12-16)8-13-17/h16-17H,2-13H2,1H3. The number of unbranched alkanes of at least 4 members (excludes halogenated alkanes) is 2. The van der Waals surface area contributed by atoms with Crippen LogP contribution in [0.15, 0.2) is 0 Å². The van der Waals surface area contributed by atoms with Gasteiger partial charge in [-0.05, 0) is 57.2 Å². The first-order valence-corrected chi connectivity index (χ1v) is 7.20. The van der Waals surface area contributed by atoms with Crippen LogP contribution in [0.25, 0.3) is 0 Å². The zero-order valence-corrected chi connectivity index (χ0v) is 11.3. The number of aliphatic hydroxyl groups excluding tert-OH is 2. The number of piperidine rings is 1. The van der Waals surface area contributed by atoms with Gasteiger partial charge in [0, 0.05) is 13.2 Å². The maximum Gasteiger partial charge on any atom is 0.0436 e. The van der Waals surface area contributed by atoms with E-state index in [4.69, 9.17) is 10.2 Å². The van der Waals surface area contributed by atoms with Gasteiger partial charge in [-0.25, -0.2) is 0 Å². The lowest BCUT2D eigenvalue weighted by Crippen LogP contribution is -2.41. The lowest BCUT2D eigenvalue weighted by Gasteiger charge is -2.41. The molecule has 102 valence electrons. The molecule has 0 atom stereocenters. The molecule has 1 fully saturated rings. The summed E-state index contributed by atoms with van der Waals surface area (Å²) in [6.07, 6.45) is 7.92. The quantitative estimate of drug-likeness (QED) is 0.641. The Hall–Kier alpha value is -0.120. The number of rotatable bonds is 8. The van der Waals surface area contributed by atoms with Crippen molar-refractivity contribution in [3.8, 4) is 0 Å². The van der Waals surface area contributed by atoms with Gasteiger partial charge in [0.2, 0.25) is 0 Å². The highest BCUT2D eigenvalue weighted by molar-refractivity contribution is 4.85. The van der Waals surface area contributed by atoms with Crippen molar-refractivity contribution < 1.29 is 10.2 Å². The van der Waals surface area contributed by atoms with Gasteiger partial charge in [0.1, 0.15) is 0 Å². The maximum atomic E-state index is 9.15. The van der Waals surface area contributed by atoms with E-state index in [0.717, 1.165) is 38.8 Å². The molecule has 0 aromatic carbocycles. The van der Waals surface area contributed by atoms with Gasteiger partial charge in [-0.2, -0.15) is 0 Å². The van der Waals surface area contributed by atoms with E-state index in [0.29, 0.717) is 0 Å². The van der Waals surface area contributed by atoms with Crippen LogP contribution >= 0.6 is 0 Å². The number of hydrogen-bond donors (Lipinski definition) is 2. The van der Waals surface area contributed by atoms with Crippen molar-refractivity contribution in [2.75, 3.05) is 32.8 Å². The van der Waals surface area contributed by atoms with E-state index in [1.165, 1.54) is 25.8 Å².